The van der Waals surface area contributed by atoms with E-state index < -0.39 is 0 Å². The van der Waals surface area contributed by atoms with Crippen LogP contribution in [0.1, 0.15) is 22.3 Å². The first-order valence-electron chi connectivity index (χ1n) is 7.82. The Kier molecular flexibility index (Phi) is 3.97. The van der Waals surface area contributed by atoms with Gasteiger partial charge in [0.15, 0.2) is 5.75 Å². The summed E-state index contributed by atoms with van der Waals surface area (Å²) in [5.74, 6) is 0.178. The second kappa shape index (κ2) is 5.96. The summed E-state index contributed by atoms with van der Waals surface area (Å²) in [5.41, 5.74) is 4.95. The molecule has 0 heterocycles. The lowest BCUT2D eigenvalue weighted by molar-refractivity contribution is 0.475. The molecular formula is C20H20N2O2. The Morgan fingerprint density at radius 1 is 0.750 bits per heavy atom. The van der Waals surface area contributed by atoms with Gasteiger partial charge < -0.3 is 10.2 Å². The third kappa shape index (κ3) is 2.71. The topological polar surface area (TPSA) is 65.2 Å². The van der Waals surface area contributed by atoms with E-state index in [9.17, 15) is 10.2 Å². The maximum atomic E-state index is 10.6. The van der Waals surface area contributed by atoms with Gasteiger partial charge in [-0.2, -0.15) is 0 Å². The number of nitrogens with zero attached hydrogens (tertiary/aromatic N) is 2. The first kappa shape index (κ1) is 16.0. The summed E-state index contributed by atoms with van der Waals surface area (Å²) in [5, 5.41) is 30.6. The highest BCUT2D eigenvalue weighted by atomic mass is 16.3. The van der Waals surface area contributed by atoms with E-state index in [1.807, 2.05) is 39.0 Å². The van der Waals surface area contributed by atoms with Crippen LogP contribution in [0.15, 0.2) is 46.6 Å². The molecule has 24 heavy (non-hydrogen) atoms. The van der Waals surface area contributed by atoms with Crippen LogP contribution in [0.25, 0.3) is 10.8 Å². The predicted molar refractivity (Wildman–Crippen MR) is 96.8 cm³/mol. The fourth-order valence-corrected chi connectivity index (χ4v) is 2.77. The number of aryl methyl sites for hydroxylation is 4. The van der Waals surface area contributed by atoms with Crippen molar-refractivity contribution in [2.24, 2.45) is 10.2 Å². The Labute approximate surface area is 141 Å². The lowest BCUT2D eigenvalue weighted by Crippen LogP contribution is -1.87. The summed E-state index contributed by atoms with van der Waals surface area (Å²) in [6.45, 7) is 7.91. The molecule has 0 atom stereocenters. The third-order valence-electron chi connectivity index (χ3n) is 4.39. The molecular weight excluding hydrogens is 300 g/mol. The zero-order valence-electron chi connectivity index (χ0n) is 14.3. The van der Waals surface area contributed by atoms with Crippen LogP contribution in [0.2, 0.25) is 0 Å². The molecule has 0 bridgehead atoms. The number of aromatic hydroxyl groups is 2. The van der Waals surface area contributed by atoms with Gasteiger partial charge in [-0.1, -0.05) is 18.2 Å². The van der Waals surface area contributed by atoms with Crippen molar-refractivity contribution in [2.75, 3.05) is 0 Å². The molecule has 2 N–H and O–H groups in total. The minimum Gasteiger partial charge on any atom is -0.506 e. The van der Waals surface area contributed by atoms with Crippen LogP contribution in [-0.2, 0) is 0 Å². The van der Waals surface area contributed by atoms with Gasteiger partial charge in [0.2, 0.25) is 0 Å². The molecule has 4 nitrogen and oxygen atoms in total. The zero-order chi connectivity index (χ0) is 17.4. The van der Waals surface area contributed by atoms with Crippen LogP contribution >= 0.6 is 0 Å². The van der Waals surface area contributed by atoms with Gasteiger partial charge in [-0.3, -0.25) is 0 Å². The molecule has 0 amide bonds. The van der Waals surface area contributed by atoms with Crippen LogP contribution in [-0.4, -0.2) is 10.2 Å². The second-order valence-corrected chi connectivity index (χ2v) is 6.19. The van der Waals surface area contributed by atoms with Crippen molar-refractivity contribution in [3.05, 3.63) is 58.7 Å². The number of hydrogen-bond acceptors (Lipinski definition) is 4. The van der Waals surface area contributed by atoms with Crippen molar-refractivity contribution in [3.8, 4) is 11.5 Å². The molecule has 0 aliphatic heterocycles. The van der Waals surface area contributed by atoms with Gasteiger partial charge in [-0.15, -0.1) is 10.2 Å². The molecule has 3 aromatic rings. The minimum absolute atomic E-state index is 0.0637. The third-order valence-corrected chi connectivity index (χ3v) is 4.39. The summed E-state index contributed by atoms with van der Waals surface area (Å²) in [6, 6.07) is 11.0. The highest BCUT2D eigenvalue weighted by Crippen LogP contribution is 2.41. The number of phenols is 2. The van der Waals surface area contributed by atoms with Crippen molar-refractivity contribution in [2.45, 2.75) is 27.7 Å². The Morgan fingerprint density at radius 3 is 2.25 bits per heavy atom. The van der Waals surface area contributed by atoms with E-state index in [0.717, 1.165) is 27.5 Å². The van der Waals surface area contributed by atoms with E-state index in [1.54, 1.807) is 18.2 Å². The Balaban J connectivity index is 2.15. The summed E-state index contributed by atoms with van der Waals surface area (Å²) in [4.78, 5) is 0. The van der Waals surface area contributed by atoms with Gasteiger partial charge >= 0.3 is 0 Å². The molecule has 0 aromatic heterocycles. The number of hydrogen-bond donors (Lipinski definition) is 2. The molecule has 0 aliphatic rings. The van der Waals surface area contributed by atoms with E-state index in [4.69, 9.17) is 0 Å². The summed E-state index contributed by atoms with van der Waals surface area (Å²) >= 11 is 0. The largest absolute Gasteiger partial charge is 0.506 e. The van der Waals surface area contributed by atoms with E-state index in [2.05, 4.69) is 17.2 Å². The molecule has 0 unspecified atom stereocenters. The maximum absolute atomic E-state index is 10.6. The van der Waals surface area contributed by atoms with Gasteiger partial charge in [0.25, 0.3) is 0 Å². The average Bonchev–Trinajstić information content (AvgIpc) is 2.54. The molecule has 0 aliphatic carbocycles. The normalized spacial score (nSPS) is 11.5. The highest BCUT2D eigenvalue weighted by Gasteiger charge is 2.12. The highest BCUT2D eigenvalue weighted by molar-refractivity contribution is 5.96. The van der Waals surface area contributed by atoms with Gasteiger partial charge in [0.05, 0.1) is 0 Å². The second-order valence-electron chi connectivity index (χ2n) is 6.19. The molecule has 0 saturated carbocycles. The SMILES string of the molecule is Cc1ccc(O)c(N=Nc2c(C)cc3c(C)c(C)ccc3c2O)c1. The monoisotopic (exact) mass is 320 g/mol. The van der Waals surface area contributed by atoms with Gasteiger partial charge in [0, 0.05) is 5.39 Å². The van der Waals surface area contributed by atoms with Crippen LogP contribution in [0.5, 0.6) is 11.5 Å². The van der Waals surface area contributed by atoms with Crippen LogP contribution < -0.4 is 0 Å². The van der Waals surface area contributed by atoms with Crippen molar-refractivity contribution in [3.63, 3.8) is 0 Å². The smallest absolute Gasteiger partial charge is 0.151 e. The van der Waals surface area contributed by atoms with Gasteiger partial charge in [-0.25, -0.2) is 0 Å². The Morgan fingerprint density at radius 2 is 1.50 bits per heavy atom. The predicted octanol–water partition coefficient (Wildman–Crippen LogP) is 5.90. The first-order valence-corrected chi connectivity index (χ1v) is 7.82. The Hall–Kier alpha value is -2.88. The summed E-state index contributed by atoms with van der Waals surface area (Å²) < 4.78 is 0. The van der Waals surface area contributed by atoms with Crippen LogP contribution in [0.4, 0.5) is 11.4 Å². The number of azo groups is 1. The number of rotatable bonds is 2. The van der Waals surface area contributed by atoms with E-state index >= 15 is 0 Å². The van der Waals surface area contributed by atoms with Gasteiger partial charge in [0.1, 0.15) is 17.1 Å². The summed E-state index contributed by atoms with van der Waals surface area (Å²) in [7, 11) is 0. The minimum atomic E-state index is 0.0637. The number of phenolic OH excluding ortho intramolecular Hbond substituents is 2. The lowest BCUT2D eigenvalue weighted by Gasteiger charge is -2.11. The molecule has 0 radical (unpaired) electrons. The number of fused-ring (bicyclic) bond motifs is 1. The zero-order valence-corrected chi connectivity index (χ0v) is 14.3. The van der Waals surface area contributed by atoms with E-state index in [-0.39, 0.29) is 11.5 Å². The molecule has 4 heteroatoms. The number of benzene rings is 3. The van der Waals surface area contributed by atoms with Crippen LogP contribution in [0, 0.1) is 27.7 Å². The van der Waals surface area contributed by atoms with Crippen molar-refractivity contribution >= 4 is 22.1 Å². The quantitative estimate of drug-likeness (QED) is 0.577. The maximum Gasteiger partial charge on any atom is 0.151 e. The first-order chi connectivity index (χ1) is 11.4. The van der Waals surface area contributed by atoms with Crippen molar-refractivity contribution < 1.29 is 10.2 Å². The van der Waals surface area contributed by atoms with Crippen molar-refractivity contribution in [1.29, 1.82) is 0 Å². The van der Waals surface area contributed by atoms with E-state index in [1.165, 1.54) is 5.56 Å². The Bertz CT molecular complexity index is 975. The molecule has 3 rings (SSSR count). The molecule has 3 aromatic carbocycles. The molecule has 122 valence electrons. The molecule has 0 saturated heterocycles. The van der Waals surface area contributed by atoms with Crippen LogP contribution in [0.3, 0.4) is 0 Å². The summed E-state index contributed by atoms with van der Waals surface area (Å²) in [6.07, 6.45) is 0. The lowest BCUT2D eigenvalue weighted by atomic mass is 9.97. The fraction of sp³-hybridized carbons (Fsp3) is 0.200. The molecule has 0 fully saturated rings. The van der Waals surface area contributed by atoms with Crippen molar-refractivity contribution in [1.82, 2.24) is 0 Å². The van der Waals surface area contributed by atoms with Gasteiger partial charge in [-0.05, 0) is 73.5 Å². The molecule has 0 spiro atoms. The average molecular weight is 320 g/mol. The van der Waals surface area contributed by atoms with E-state index in [0.29, 0.717) is 11.4 Å². The standard InChI is InChI=1S/C20H20N2O2/c1-11-5-8-18(23)17(9-11)21-22-19-13(3)10-16-14(4)12(2)6-7-15(16)20(19)24/h5-10,23-24H,1-4H3. The fourth-order valence-electron chi connectivity index (χ4n) is 2.77.